The highest BCUT2D eigenvalue weighted by molar-refractivity contribution is 14.0. The molecule has 0 amide bonds. The fourth-order valence-electron chi connectivity index (χ4n) is 3.68. The van der Waals surface area contributed by atoms with Crippen LogP contribution in [0.4, 0.5) is 0 Å². The summed E-state index contributed by atoms with van der Waals surface area (Å²) in [4.78, 5) is 6.89. The van der Waals surface area contributed by atoms with Crippen molar-refractivity contribution in [3.63, 3.8) is 0 Å². The molecule has 1 saturated heterocycles. The Morgan fingerprint density at radius 2 is 2.00 bits per heavy atom. The second kappa shape index (κ2) is 9.57. The Labute approximate surface area is 169 Å². The summed E-state index contributed by atoms with van der Waals surface area (Å²) in [5.74, 6) is 1.58. The van der Waals surface area contributed by atoms with Crippen LogP contribution in [-0.2, 0) is 0 Å². The molecule has 2 N–H and O–H groups in total. The molecule has 3 rings (SSSR count). The van der Waals surface area contributed by atoms with Gasteiger partial charge in [-0.05, 0) is 37.3 Å². The smallest absolute Gasteiger partial charge is 0.191 e. The molecule has 2 fully saturated rings. The first-order chi connectivity index (χ1) is 11.7. The molecule has 5 heteroatoms. The summed E-state index contributed by atoms with van der Waals surface area (Å²) in [6.07, 6.45) is 5.53. The summed E-state index contributed by atoms with van der Waals surface area (Å²) in [6.45, 7) is 9.30. The van der Waals surface area contributed by atoms with Gasteiger partial charge < -0.3 is 10.6 Å². The van der Waals surface area contributed by atoms with E-state index < -0.39 is 0 Å². The summed E-state index contributed by atoms with van der Waals surface area (Å²) in [6, 6.07) is 9.75. The zero-order chi connectivity index (χ0) is 16.9. The molecule has 1 aliphatic carbocycles. The zero-order valence-corrected chi connectivity index (χ0v) is 17.7. The molecule has 4 nitrogen and oxygen atoms in total. The molecule has 0 spiro atoms. The molecule has 1 aliphatic heterocycles. The molecule has 25 heavy (non-hydrogen) atoms. The van der Waals surface area contributed by atoms with Crippen molar-refractivity contribution in [2.75, 3.05) is 26.7 Å². The van der Waals surface area contributed by atoms with Crippen molar-refractivity contribution >= 4 is 29.9 Å². The number of guanidine groups is 1. The molecule has 1 saturated carbocycles. The minimum atomic E-state index is 0. The molecule has 0 radical (unpaired) electrons. The Kier molecular flexibility index (Phi) is 7.75. The SMILES string of the molecule is C=CCN1CCC(NC(=NC)NC2CC2c2ccccc2C)CC1.I. The lowest BCUT2D eigenvalue weighted by atomic mass is 10.0. The van der Waals surface area contributed by atoms with Crippen LogP contribution in [0.15, 0.2) is 41.9 Å². The summed E-state index contributed by atoms with van der Waals surface area (Å²) < 4.78 is 0. The number of hydrogen-bond donors (Lipinski definition) is 2. The van der Waals surface area contributed by atoms with E-state index >= 15 is 0 Å². The minimum Gasteiger partial charge on any atom is -0.354 e. The Morgan fingerprint density at radius 1 is 1.28 bits per heavy atom. The van der Waals surface area contributed by atoms with Crippen LogP contribution in [0.25, 0.3) is 0 Å². The summed E-state index contributed by atoms with van der Waals surface area (Å²) in [5.41, 5.74) is 2.87. The van der Waals surface area contributed by atoms with E-state index in [4.69, 9.17) is 0 Å². The van der Waals surface area contributed by atoms with E-state index in [2.05, 4.69) is 58.3 Å². The van der Waals surface area contributed by atoms with Gasteiger partial charge in [0.05, 0.1) is 0 Å². The van der Waals surface area contributed by atoms with Gasteiger partial charge in [-0.3, -0.25) is 9.89 Å². The van der Waals surface area contributed by atoms with Crippen molar-refractivity contribution in [1.82, 2.24) is 15.5 Å². The molecular weight excluding hydrogens is 423 g/mol. The summed E-state index contributed by atoms with van der Waals surface area (Å²) in [7, 11) is 1.87. The van der Waals surface area contributed by atoms with Gasteiger partial charge in [-0.25, -0.2) is 0 Å². The maximum absolute atomic E-state index is 4.43. The first-order valence-electron chi connectivity index (χ1n) is 9.10. The fraction of sp³-hybridized carbons (Fsp3) is 0.550. The number of halogens is 1. The first-order valence-corrected chi connectivity index (χ1v) is 9.10. The van der Waals surface area contributed by atoms with Crippen LogP contribution in [0, 0.1) is 6.92 Å². The number of nitrogens with zero attached hydrogens (tertiary/aromatic N) is 2. The number of benzene rings is 1. The van der Waals surface area contributed by atoms with Crippen LogP contribution in [0.2, 0.25) is 0 Å². The predicted molar refractivity (Wildman–Crippen MR) is 117 cm³/mol. The van der Waals surface area contributed by atoms with Gasteiger partial charge in [0.2, 0.25) is 0 Å². The number of hydrogen-bond acceptors (Lipinski definition) is 2. The van der Waals surface area contributed by atoms with E-state index in [-0.39, 0.29) is 24.0 Å². The molecular formula is C20H31IN4. The number of nitrogens with one attached hydrogen (secondary N) is 2. The average Bonchev–Trinajstić information content (AvgIpc) is 3.35. The topological polar surface area (TPSA) is 39.7 Å². The predicted octanol–water partition coefficient (Wildman–Crippen LogP) is 3.28. The van der Waals surface area contributed by atoms with Crippen LogP contribution < -0.4 is 10.6 Å². The van der Waals surface area contributed by atoms with E-state index in [9.17, 15) is 0 Å². The third-order valence-corrected chi connectivity index (χ3v) is 5.24. The Balaban J connectivity index is 0.00000225. The number of rotatable bonds is 5. The van der Waals surface area contributed by atoms with Crippen molar-refractivity contribution < 1.29 is 0 Å². The van der Waals surface area contributed by atoms with E-state index in [1.54, 1.807) is 0 Å². The highest BCUT2D eigenvalue weighted by Gasteiger charge is 2.39. The Morgan fingerprint density at radius 3 is 2.64 bits per heavy atom. The van der Waals surface area contributed by atoms with Gasteiger partial charge in [0, 0.05) is 44.7 Å². The summed E-state index contributed by atoms with van der Waals surface area (Å²) in [5, 5.41) is 7.22. The van der Waals surface area contributed by atoms with Crippen molar-refractivity contribution in [3.05, 3.63) is 48.0 Å². The monoisotopic (exact) mass is 454 g/mol. The zero-order valence-electron chi connectivity index (χ0n) is 15.4. The lowest BCUT2D eigenvalue weighted by molar-refractivity contribution is 0.225. The number of likely N-dealkylation sites (tertiary alicyclic amines) is 1. The van der Waals surface area contributed by atoms with Gasteiger partial charge in [-0.15, -0.1) is 30.6 Å². The second-order valence-corrected chi connectivity index (χ2v) is 7.03. The molecule has 0 aromatic heterocycles. The normalized spacial score (nSPS) is 24.3. The van der Waals surface area contributed by atoms with Crippen LogP contribution in [0.3, 0.4) is 0 Å². The Hall–Kier alpha value is -1.08. The van der Waals surface area contributed by atoms with E-state index in [1.807, 2.05) is 13.1 Å². The third kappa shape index (κ3) is 5.45. The quantitative estimate of drug-likeness (QED) is 0.311. The maximum atomic E-state index is 4.43. The molecule has 2 unspecified atom stereocenters. The molecule has 1 heterocycles. The van der Waals surface area contributed by atoms with E-state index in [1.165, 1.54) is 30.4 Å². The van der Waals surface area contributed by atoms with Crippen molar-refractivity contribution in [1.29, 1.82) is 0 Å². The molecule has 1 aromatic carbocycles. The largest absolute Gasteiger partial charge is 0.354 e. The minimum absolute atomic E-state index is 0. The van der Waals surface area contributed by atoms with Crippen LogP contribution in [0.1, 0.15) is 36.3 Å². The van der Waals surface area contributed by atoms with Gasteiger partial charge in [0.15, 0.2) is 5.96 Å². The van der Waals surface area contributed by atoms with Gasteiger partial charge in [-0.2, -0.15) is 0 Å². The maximum Gasteiger partial charge on any atom is 0.191 e. The number of aryl methyl sites for hydroxylation is 1. The van der Waals surface area contributed by atoms with Gasteiger partial charge >= 0.3 is 0 Å². The highest BCUT2D eigenvalue weighted by Crippen LogP contribution is 2.42. The van der Waals surface area contributed by atoms with E-state index in [0.29, 0.717) is 18.0 Å². The highest BCUT2D eigenvalue weighted by atomic mass is 127. The fourth-order valence-corrected chi connectivity index (χ4v) is 3.68. The van der Waals surface area contributed by atoms with Gasteiger partial charge in [0.25, 0.3) is 0 Å². The van der Waals surface area contributed by atoms with Crippen LogP contribution in [0.5, 0.6) is 0 Å². The first kappa shape index (κ1) is 20.2. The molecule has 1 aromatic rings. The van der Waals surface area contributed by atoms with Crippen molar-refractivity contribution in [3.8, 4) is 0 Å². The average molecular weight is 454 g/mol. The van der Waals surface area contributed by atoms with Crippen LogP contribution in [-0.4, -0.2) is 49.6 Å². The van der Waals surface area contributed by atoms with Crippen LogP contribution >= 0.6 is 24.0 Å². The molecule has 2 atom stereocenters. The molecule has 2 aliphatic rings. The lowest BCUT2D eigenvalue weighted by Crippen LogP contribution is -2.49. The van der Waals surface area contributed by atoms with Crippen molar-refractivity contribution in [2.45, 2.75) is 44.2 Å². The number of piperidine rings is 1. The standard InChI is InChI=1S/C20H30N4.HI/c1-4-11-24-12-9-16(10-13-24)22-20(21-3)23-19-14-18(19)17-8-6-5-7-15(17)2;/h4-8,16,18-19H,1,9-14H2,2-3H3,(H2,21,22,23);1H. The van der Waals surface area contributed by atoms with E-state index in [0.717, 1.165) is 25.6 Å². The molecule has 0 bridgehead atoms. The Bertz CT molecular complexity index is 593. The number of aliphatic imine (C=N–C) groups is 1. The second-order valence-electron chi connectivity index (χ2n) is 7.03. The summed E-state index contributed by atoms with van der Waals surface area (Å²) >= 11 is 0. The lowest BCUT2D eigenvalue weighted by Gasteiger charge is -2.32. The van der Waals surface area contributed by atoms with Crippen molar-refractivity contribution in [2.24, 2.45) is 4.99 Å². The molecule has 138 valence electrons. The van der Waals surface area contributed by atoms with Gasteiger partial charge in [0.1, 0.15) is 0 Å². The third-order valence-electron chi connectivity index (χ3n) is 5.24. The van der Waals surface area contributed by atoms with Gasteiger partial charge in [-0.1, -0.05) is 30.3 Å².